The summed E-state index contributed by atoms with van der Waals surface area (Å²) in [5.74, 6) is 1.14. The van der Waals surface area contributed by atoms with Crippen LogP contribution in [0.1, 0.15) is 31.2 Å². The molecule has 2 bridgehead atoms. The van der Waals surface area contributed by atoms with Crippen LogP contribution in [0.3, 0.4) is 0 Å². The van der Waals surface area contributed by atoms with Gasteiger partial charge in [-0.15, -0.1) is 11.8 Å². The standard InChI is InChI=1S/C26H25F2N3O2S/c1-14-7-20-23-24(22(14)19-4-3-17(27)11-21(19)28)34-6-2-5-31(23)26(33)29-25(20)30-12-15-8-16(13-30)10-18(32)9-15/h3-4,7,11,15-16H,2,5-6,8-10,12-13H2,1H3. The van der Waals surface area contributed by atoms with Crippen molar-refractivity contribution in [2.24, 2.45) is 11.8 Å². The summed E-state index contributed by atoms with van der Waals surface area (Å²) in [5.41, 5.74) is 2.40. The molecule has 2 unspecified atom stereocenters. The maximum atomic E-state index is 14.9. The molecule has 2 atom stereocenters. The van der Waals surface area contributed by atoms with E-state index in [0.29, 0.717) is 55.2 Å². The highest BCUT2D eigenvalue weighted by molar-refractivity contribution is 7.99. The van der Waals surface area contributed by atoms with Gasteiger partial charge in [0.2, 0.25) is 0 Å². The molecule has 8 heteroatoms. The van der Waals surface area contributed by atoms with Crippen LogP contribution in [0.2, 0.25) is 0 Å². The molecule has 3 aliphatic rings. The molecule has 1 aliphatic carbocycles. The van der Waals surface area contributed by atoms with Crippen molar-refractivity contribution in [3.05, 3.63) is 51.9 Å². The van der Waals surface area contributed by atoms with E-state index < -0.39 is 11.6 Å². The smallest absolute Gasteiger partial charge is 0.350 e. The Bertz CT molecular complexity index is 1390. The number of hydrogen-bond acceptors (Lipinski definition) is 5. The quantitative estimate of drug-likeness (QED) is 0.518. The number of anilines is 1. The molecular weight excluding hydrogens is 456 g/mol. The van der Waals surface area contributed by atoms with Gasteiger partial charge < -0.3 is 4.90 Å². The predicted molar refractivity (Wildman–Crippen MR) is 129 cm³/mol. The van der Waals surface area contributed by atoms with Gasteiger partial charge >= 0.3 is 5.69 Å². The van der Waals surface area contributed by atoms with E-state index in [1.54, 1.807) is 16.3 Å². The van der Waals surface area contributed by atoms with Gasteiger partial charge in [-0.25, -0.2) is 13.6 Å². The molecular formula is C26H25F2N3O2S. The van der Waals surface area contributed by atoms with Crippen LogP contribution in [0.5, 0.6) is 0 Å². The molecule has 34 heavy (non-hydrogen) atoms. The van der Waals surface area contributed by atoms with Gasteiger partial charge in [0.05, 0.1) is 5.52 Å². The number of thioether (sulfide) groups is 1. The first-order chi connectivity index (χ1) is 16.4. The van der Waals surface area contributed by atoms with E-state index in [-0.39, 0.29) is 17.5 Å². The molecule has 2 fully saturated rings. The van der Waals surface area contributed by atoms with E-state index in [9.17, 15) is 18.4 Å². The molecule has 0 spiro atoms. The third-order valence-electron chi connectivity index (χ3n) is 7.32. The van der Waals surface area contributed by atoms with Crippen molar-refractivity contribution in [3.8, 4) is 11.1 Å². The van der Waals surface area contributed by atoms with E-state index in [0.717, 1.165) is 46.0 Å². The minimum Gasteiger partial charge on any atom is -0.355 e. The fraction of sp³-hybridized carbons (Fsp3) is 0.423. The van der Waals surface area contributed by atoms with E-state index >= 15 is 0 Å². The first kappa shape index (κ1) is 21.8. The van der Waals surface area contributed by atoms with Crippen molar-refractivity contribution in [3.63, 3.8) is 0 Å². The molecule has 5 nitrogen and oxygen atoms in total. The minimum atomic E-state index is -0.615. The molecule has 2 aliphatic heterocycles. The summed E-state index contributed by atoms with van der Waals surface area (Å²) < 4.78 is 30.3. The number of carbonyl (C=O) groups excluding carboxylic acids is 1. The molecule has 176 valence electrons. The lowest BCUT2D eigenvalue weighted by atomic mass is 9.77. The zero-order chi connectivity index (χ0) is 23.6. The zero-order valence-electron chi connectivity index (χ0n) is 18.9. The number of aromatic nitrogens is 2. The van der Waals surface area contributed by atoms with E-state index in [4.69, 9.17) is 0 Å². The lowest BCUT2D eigenvalue weighted by molar-refractivity contribution is -0.123. The summed E-state index contributed by atoms with van der Waals surface area (Å²) in [6.45, 7) is 3.91. The average Bonchev–Trinajstić information content (AvgIpc) is 3.00. The van der Waals surface area contributed by atoms with Crippen molar-refractivity contribution in [2.45, 2.75) is 44.0 Å². The number of rotatable bonds is 2. The number of halogens is 2. The summed E-state index contributed by atoms with van der Waals surface area (Å²) in [6.07, 6.45) is 3.04. The van der Waals surface area contributed by atoms with Gasteiger partial charge in [-0.05, 0) is 61.1 Å². The topological polar surface area (TPSA) is 55.2 Å². The van der Waals surface area contributed by atoms with Gasteiger partial charge in [0.25, 0.3) is 0 Å². The first-order valence-electron chi connectivity index (χ1n) is 11.8. The number of Topliss-reactive ketones (excluding diaryl/α,β-unsaturated/α-hetero) is 1. The molecule has 1 aromatic heterocycles. The highest BCUT2D eigenvalue weighted by atomic mass is 32.2. The summed E-state index contributed by atoms with van der Waals surface area (Å²) in [5, 5.41) is 0.888. The largest absolute Gasteiger partial charge is 0.355 e. The fourth-order valence-electron chi connectivity index (χ4n) is 6.05. The number of fused-ring (bicyclic) bond motifs is 2. The number of hydrogen-bond donors (Lipinski definition) is 0. The predicted octanol–water partition coefficient (Wildman–Crippen LogP) is 4.95. The molecule has 1 saturated carbocycles. The highest BCUT2D eigenvalue weighted by Crippen LogP contribution is 2.45. The summed E-state index contributed by atoms with van der Waals surface area (Å²) in [6, 6.07) is 5.66. The van der Waals surface area contributed by atoms with Crippen LogP contribution in [-0.2, 0) is 11.3 Å². The molecule has 2 aromatic carbocycles. The highest BCUT2D eigenvalue weighted by Gasteiger charge is 2.36. The van der Waals surface area contributed by atoms with Gasteiger partial charge in [-0.3, -0.25) is 9.36 Å². The molecule has 0 amide bonds. The Morgan fingerprint density at radius 3 is 2.59 bits per heavy atom. The van der Waals surface area contributed by atoms with Crippen molar-refractivity contribution >= 4 is 34.3 Å². The number of piperidine rings is 1. The van der Waals surface area contributed by atoms with Gasteiger partial charge in [-0.1, -0.05) is 0 Å². The molecule has 0 N–H and O–H groups in total. The van der Waals surface area contributed by atoms with Crippen LogP contribution in [-0.4, -0.2) is 34.2 Å². The summed E-state index contributed by atoms with van der Waals surface area (Å²) in [4.78, 5) is 32.9. The SMILES string of the molecule is Cc1cc2c(N3CC4CC(=O)CC(C4)C3)nc(=O)n3c2c(c1-c1ccc(F)cc1F)SCCC3. The molecule has 3 heterocycles. The Balaban J connectivity index is 1.59. The van der Waals surface area contributed by atoms with Crippen LogP contribution in [0.15, 0.2) is 34.0 Å². The summed E-state index contributed by atoms with van der Waals surface area (Å²) >= 11 is 1.62. The van der Waals surface area contributed by atoms with Crippen LogP contribution in [0.25, 0.3) is 22.0 Å². The molecule has 0 radical (unpaired) electrons. The van der Waals surface area contributed by atoms with Crippen molar-refractivity contribution in [2.75, 3.05) is 23.7 Å². The Kier molecular flexibility index (Phi) is 5.24. The maximum Gasteiger partial charge on any atom is 0.350 e. The second-order valence-corrected chi connectivity index (χ2v) is 10.9. The van der Waals surface area contributed by atoms with E-state index in [2.05, 4.69) is 9.88 Å². The van der Waals surface area contributed by atoms with Crippen molar-refractivity contribution in [1.82, 2.24) is 9.55 Å². The van der Waals surface area contributed by atoms with E-state index in [1.807, 2.05) is 13.0 Å². The van der Waals surface area contributed by atoms with Crippen molar-refractivity contribution < 1.29 is 13.6 Å². The minimum absolute atomic E-state index is 0.289. The number of ketones is 1. The normalized spacial score (nSPS) is 22.2. The summed E-state index contributed by atoms with van der Waals surface area (Å²) in [7, 11) is 0. The van der Waals surface area contributed by atoms with Crippen LogP contribution in [0.4, 0.5) is 14.6 Å². The third-order valence-corrected chi connectivity index (χ3v) is 8.50. The van der Waals surface area contributed by atoms with Gasteiger partial charge in [0.15, 0.2) is 0 Å². The van der Waals surface area contributed by atoms with Gasteiger partial charge in [0.1, 0.15) is 23.2 Å². The number of aryl methyl sites for hydroxylation is 2. The average molecular weight is 482 g/mol. The monoisotopic (exact) mass is 481 g/mol. The van der Waals surface area contributed by atoms with Crippen molar-refractivity contribution in [1.29, 1.82) is 0 Å². The second-order valence-electron chi connectivity index (χ2n) is 9.81. The fourth-order valence-corrected chi connectivity index (χ4v) is 7.30. The Morgan fingerprint density at radius 1 is 1.09 bits per heavy atom. The van der Waals surface area contributed by atoms with Crippen LogP contribution in [0, 0.1) is 30.4 Å². The molecule has 6 rings (SSSR count). The van der Waals surface area contributed by atoms with Crippen LogP contribution >= 0.6 is 11.8 Å². The van der Waals surface area contributed by atoms with Gasteiger partial charge in [-0.2, -0.15) is 4.98 Å². The Labute approximate surface area is 200 Å². The number of carbonyl (C=O) groups is 1. The molecule has 1 saturated heterocycles. The third kappa shape index (κ3) is 3.54. The Hall–Kier alpha value is -2.74. The lowest BCUT2D eigenvalue weighted by Crippen LogP contribution is -2.46. The number of nitrogens with zero attached hydrogens (tertiary/aromatic N) is 3. The number of benzene rings is 2. The molecule has 3 aromatic rings. The first-order valence-corrected chi connectivity index (χ1v) is 12.8. The van der Waals surface area contributed by atoms with E-state index in [1.165, 1.54) is 12.1 Å². The Morgan fingerprint density at radius 2 is 1.85 bits per heavy atom. The zero-order valence-corrected chi connectivity index (χ0v) is 19.8. The maximum absolute atomic E-state index is 14.9. The lowest BCUT2D eigenvalue weighted by Gasteiger charge is -2.41. The van der Waals surface area contributed by atoms with Crippen LogP contribution < -0.4 is 10.6 Å². The second kappa shape index (κ2) is 8.18. The van der Waals surface area contributed by atoms with Gasteiger partial charge in [0, 0.05) is 60.0 Å².